The second-order valence-corrected chi connectivity index (χ2v) is 2.82. The normalized spacial score (nSPS) is 10.6. The van der Waals surface area contributed by atoms with Crippen LogP contribution in [0, 0.1) is 11.6 Å². The minimum atomic E-state index is -0.380. The van der Waals surface area contributed by atoms with E-state index < -0.39 is 0 Å². The summed E-state index contributed by atoms with van der Waals surface area (Å²) < 4.78 is 25.4. The molecule has 0 bridgehead atoms. The van der Waals surface area contributed by atoms with Crippen LogP contribution >= 0.6 is 0 Å². The van der Waals surface area contributed by atoms with Crippen molar-refractivity contribution < 1.29 is 8.78 Å². The number of halogens is 2. The summed E-state index contributed by atoms with van der Waals surface area (Å²) in [5, 5.41) is 0. The average molecular weight is 156 g/mol. The topological polar surface area (TPSA) is 0 Å². The number of hydrogen-bond donors (Lipinski definition) is 0. The molecule has 0 aliphatic heterocycles. The van der Waals surface area contributed by atoms with Crippen LogP contribution in [-0.2, 0) is 0 Å². The van der Waals surface area contributed by atoms with E-state index in [4.69, 9.17) is 0 Å². The van der Waals surface area contributed by atoms with Crippen molar-refractivity contribution in [3.63, 3.8) is 0 Å². The highest BCUT2D eigenvalue weighted by molar-refractivity contribution is 5.21. The molecule has 60 valence electrons. The standard InChI is InChI=1S/C9H10F2/c1-6(2)8-5-7(10)3-4-9(8)11/h3-6H,1-2H3. The molecule has 0 radical (unpaired) electrons. The summed E-state index contributed by atoms with van der Waals surface area (Å²) in [6, 6.07) is 3.52. The van der Waals surface area contributed by atoms with Crippen molar-refractivity contribution in [2.24, 2.45) is 0 Å². The minimum Gasteiger partial charge on any atom is -0.207 e. The number of rotatable bonds is 1. The summed E-state index contributed by atoms with van der Waals surface area (Å²) in [5.74, 6) is -0.679. The Labute approximate surface area is 64.9 Å². The molecular formula is C9H10F2. The third-order valence-corrected chi connectivity index (χ3v) is 1.58. The Bertz CT molecular complexity index is 254. The molecule has 0 nitrogen and oxygen atoms in total. The van der Waals surface area contributed by atoms with E-state index in [9.17, 15) is 8.78 Å². The zero-order chi connectivity index (χ0) is 8.43. The van der Waals surface area contributed by atoms with Crippen LogP contribution in [0.25, 0.3) is 0 Å². The van der Waals surface area contributed by atoms with Gasteiger partial charge in [0, 0.05) is 0 Å². The molecular weight excluding hydrogens is 146 g/mol. The van der Waals surface area contributed by atoms with Crippen molar-refractivity contribution in [3.8, 4) is 0 Å². The van der Waals surface area contributed by atoms with Gasteiger partial charge in [-0.15, -0.1) is 0 Å². The second-order valence-electron chi connectivity index (χ2n) is 2.82. The first kappa shape index (κ1) is 8.18. The molecule has 1 aromatic rings. The van der Waals surface area contributed by atoms with Crippen LogP contribution in [0.15, 0.2) is 18.2 Å². The molecule has 0 aliphatic carbocycles. The fourth-order valence-electron chi connectivity index (χ4n) is 0.957. The van der Waals surface area contributed by atoms with Gasteiger partial charge >= 0.3 is 0 Å². The molecule has 0 saturated heterocycles. The lowest BCUT2D eigenvalue weighted by Gasteiger charge is -2.05. The van der Waals surface area contributed by atoms with E-state index in [1.807, 2.05) is 13.8 Å². The van der Waals surface area contributed by atoms with Crippen molar-refractivity contribution in [2.45, 2.75) is 19.8 Å². The second kappa shape index (κ2) is 2.99. The Morgan fingerprint density at radius 1 is 1.18 bits per heavy atom. The predicted molar refractivity (Wildman–Crippen MR) is 40.4 cm³/mol. The van der Waals surface area contributed by atoms with Crippen LogP contribution in [0.1, 0.15) is 25.3 Å². The van der Waals surface area contributed by atoms with Gasteiger partial charge in [-0.1, -0.05) is 13.8 Å². The van der Waals surface area contributed by atoms with Crippen LogP contribution in [0.4, 0.5) is 8.78 Å². The minimum absolute atomic E-state index is 0.0331. The highest BCUT2D eigenvalue weighted by atomic mass is 19.1. The summed E-state index contributed by atoms with van der Waals surface area (Å²) in [6.07, 6.45) is 0. The largest absolute Gasteiger partial charge is 0.207 e. The molecule has 0 atom stereocenters. The van der Waals surface area contributed by atoms with Crippen LogP contribution < -0.4 is 0 Å². The zero-order valence-corrected chi connectivity index (χ0v) is 6.57. The first-order chi connectivity index (χ1) is 5.11. The fourth-order valence-corrected chi connectivity index (χ4v) is 0.957. The lowest BCUT2D eigenvalue weighted by atomic mass is 10.0. The van der Waals surface area contributed by atoms with Crippen molar-refractivity contribution in [1.82, 2.24) is 0 Å². The Morgan fingerprint density at radius 3 is 2.27 bits per heavy atom. The van der Waals surface area contributed by atoms with Gasteiger partial charge in [-0.3, -0.25) is 0 Å². The van der Waals surface area contributed by atoms with E-state index >= 15 is 0 Å². The maximum Gasteiger partial charge on any atom is 0.126 e. The van der Waals surface area contributed by atoms with E-state index in [1.165, 1.54) is 6.07 Å². The monoisotopic (exact) mass is 156 g/mol. The van der Waals surface area contributed by atoms with Gasteiger partial charge in [0.15, 0.2) is 0 Å². The van der Waals surface area contributed by atoms with Crippen LogP contribution in [-0.4, -0.2) is 0 Å². The third kappa shape index (κ3) is 1.76. The third-order valence-electron chi connectivity index (χ3n) is 1.58. The van der Waals surface area contributed by atoms with Gasteiger partial charge in [0.25, 0.3) is 0 Å². The maximum absolute atomic E-state index is 12.9. The van der Waals surface area contributed by atoms with Gasteiger partial charge in [-0.05, 0) is 29.7 Å². The van der Waals surface area contributed by atoms with Crippen molar-refractivity contribution in [2.75, 3.05) is 0 Å². The number of benzene rings is 1. The van der Waals surface area contributed by atoms with Crippen LogP contribution in [0.2, 0.25) is 0 Å². The van der Waals surface area contributed by atoms with E-state index in [1.54, 1.807) is 0 Å². The van der Waals surface area contributed by atoms with E-state index in [-0.39, 0.29) is 17.6 Å². The molecule has 0 aliphatic rings. The summed E-state index contributed by atoms with van der Waals surface area (Å²) in [6.45, 7) is 3.66. The van der Waals surface area contributed by atoms with Crippen molar-refractivity contribution in [1.29, 1.82) is 0 Å². The smallest absolute Gasteiger partial charge is 0.126 e. The first-order valence-corrected chi connectivity index (χ1v) is 3.56. The molecule has 0 unspecified atom stereocenters. The molecule has 0 saturated carbocycles. The van der Waals surface area contributed by atoms with E-state index in [0.29, 0.717) is 5.56 Å². The molecule has 0 aromatic heterocycles. The Kier molecular flexibility index (Phi) is 2.22. The van der Waals surface area contributed by atoms with Gasteiger partial charge in [0.2, 0.25) is 0 Å². The molecule has 11 heavy (non-hydrogen) atoms. The lowest BCUT2D eigenvalue weighted by molar-refractivity contribution is 0.575. The molecule has 0 spiro atoms. The molecule has 1 rings (SSSR count). The van der Waals surface area contributed by atoms with E-state index in [2.05, 4.69) is 0 Å². The summed E-state index contributed by atoms with van der Waals surface area (Å²) >= 11 is 0. The zero-order valence-electron chi connectivity index (χ0n) is 6.57. The SMILES string of the molecule is CC(C)c1cc(F)ccc1F. The molecule has 0 N–H and O–H groups in total. The molecule has 0 fully saturated rings. The molecule has 1 aromatic carbocycles. The molecule has 0 heterocycles. The van der Waals surface area contributed by atoms with Gasteiger partial charge in [-0.25, -0.2) is 8.78 Å². The van der Waals surface area contributed by atoms with Gasteiger partial charge in [0.1, 0.15) is 11.6 Å². The maximum atomic E-state index is 12.9. The van der Waals surface area contributed by atoms with Crippen LogP contribution in [0.5, 0.6) is 0 Å². The summed E-state index contributed by atoms with van der Waals surface area (Å²) in [7, 11) is 0. The average Bonchev–Trinajstić information content (AvgIpc) is 1.94. The van der Waals surface area contributed by atoms with Crippen molar-refractivity contribution in [3.05, 3.63) is 35.4 Å². The van der Waals surface area contributed by atoms with Gasteiger partial charge in [0.05, 0.1) is 0 Å². The highest BCUT2D eigenvalue weighted by Crippen LogP contribution is 2.18. The van der Waals surface area contributed by atoms with Crippen molar-refractivity contribution >= 4 is 0 Å². The van der Waals surface area contributed by atoms with E-state index in [0.717, 1.165) is 12.1 Å². The Hall–Kier alpha value is -0.920. The molecule has 0 amide bonds. The Morgan fingerprint density at radius 2 is 1.82 bits per heavy atom. The predicted octanol–water partition coefficient (Wildman–Crippen LogP) is 3.09. The molecule has 2 heteroatoms. The van der Waals surface area contributed by atoms with Gasteiger partial charge in [-0.2, -0.15) is 0 Å². The fraction of sp³-hybridized carbons (Fsp3) is 0.333. The summed E-state index contributed by atoms with van der Waals surface area (Å²) in [4.78, 5) is 0. The Balaban J connectivity index is 3.13. The highest BCUT2D eigenvalue weighted by Gasteiger charge is 2.06. The van der Waals surface area contributed by atoms with Gasteiger partial charge < -0.3 is 0 Å². The quantitative estimate of drug-likeness (QED) is 0.586. The first-order valence-electron chi connectivity index (χ1n) is 3.56. The van der Waals surface area contributed by atoms with Crippen LogP contribution in [0.3, 0.4) is 0 Å². The summed E-state index contributed by atoms with van der Waals surface area (Å²) in [5.41, 5.74) is 0.435. The number of hydrogen-bond acceptors (Lipinski definition) is 0. The lowest BCUT2D eigenvalue weighted by Crippen LogP contribution is -1.93.